The molecule has 2 aromatic carbocycles. The van der Waals surface area contributed by atoms with Crippen LogP contribution in [-0.4, -0.2) is 26.5 Å². The predicted molar refractivity (Wildman–Crippen MR) is 108 cm³/mol. The van der Waals surface area contributed by atoms with Crippen molar-refractivity contribution in [3.8, 4) is 5.75 Å². The highest BCUT2D eigenvalue weighted by molar-refractivity contribution is 7.80. The van der Waals surface area contributed by atoms with E-state index in [0.717, 1.165) is 11.4 Å². The molecule has 1 heterocycles. The zero-order valence-electron chi connectivity index (χ0n) is 14.8. The van der Waals surface area contributed by atoms with Crippen LogP contribution < -0.4 is 15.4 Å². The Morgan fingerprint density at radius 3 is 2.81 bits per heavy atom. The molecule has 0 saturated carbocycles. The molecule has 3 aromatic rings. The third kappa shape index (κ3) is 4.80. The van der Waals surface area contributed by atoms with Gasteiger partial charge in [0.05, 0.1) is 18.8 Å². The fourth-order valence-corrected chi connectivity index (χ4v) is 2.73. The summed E-state index contributed by atoms with van der Waals surface area (Å²) >= 11 is 5.35. The summed E-state index contributed by atoms with van der Waals surface area (Å²) in [4.78, 5) is 4.26. The number of aromatic nitrogens is 3. The van der Waals surface area contributed by atoms with Crippen molar-refractivity contribution in [2.75, 3.05) is 17.2 Å². The van der Waals surface area contributed by atoms with E-state index in [0.29, 0.717) is 24.2 Å². The third-order valence-electron chi connectivity index (χ3n) is 3.62. The third-order valence-corrected chi connectivity index (χ3v) is 3.83. The summed E-state index contributed by atoms with van der Waals surface area (Å²) in [7, 11) is 0. The van der Waals surface area contributed by atoms with Gasteiger partial charge in [-0.1, -0.05) is 42.0 Å². The molecule has 26 heavy (non-hydrogen) atoms. The monoisotopic (exact) mass is 367 g/mol. The van der Waals surface area contributed by atoms with Crippen LogP contribution in [0.25, 0.3) is 0 Å². The summed E-state index contributed by atoms with van der Waals surface area (Å²) in [6.07, 6.45) is 1.68. The van der Waals surface area contributed by atoms with Crippen molar-refractivity contribution < 1.29 is 4.74 Å². The number of hydrogen-bond acceptors (Lipinski definition) is 4. The normalized spacial score (nSPS) is 10.4. The van der Waals surface area contributed by atoms with E-state index in [-0.39, 0.29) is 0 Å². The van der Waals surface area contributed by atoms with E-state index in [1.54, 1.807) is 11.0 Å². The van der Waals surface area contributed by atoms with Crippen LogP contribution in [0.2, 0.25) is 0 Å². The number of nitrogens with zero attached hydrogens (tertiary/aromatic N) is 3. The lowest BCUT2D eigenvalue weighted by atomic mass is 10.1. The van der Waals surface area contributed by atoms with Crippen LogP contribution in [0.4, 0.5) is 11.6 Å². The zero-order valence-corrected chi connectivity index (χ0v) is 15.6. The number of rotatable bonds is 6. The minimum absolute atomic E-state index is 0.408. The summed E-state index contributed by atoms with van der Waals surface area (Å²) < 4.78 is 7.35. The smallest absolute Gasteiger partial charge is 0.248 e. The van der Waals surface area contributed by atoms with Gasteiger partial charge in [-0.3, -0.25) is 5.32 Å². The van der Waals surface area contributed by atoms with E-state index in [1.165, 1.54) is 11.1 Å². The predicted octanol–water partition coefficient (Wildman–Crippen LogP) is 3.84. The maximum Gasteiger partial charge on any atom is 0.248 e. The van der Waals surface area contributed by atoms with Crippen molar-refractivity contribution in [1.29, 1.82) is 0 Å². The molecule has 134 valence electrons. The summed E-state index contributed by atoms with van der Waals surface area (Å²) in [6, 6.07) is 15.9. The number of ether oxygens (including phenoxy) is 1. The second kappa shape index (κ2) is 8.44. The van der Waals surface area contributed by atoms with E-state index < -0.39 is 0 Å². The van der Waals surface area contributed by atoms with E-state index in [4.69, 9.17) is 17.0 Å². The molecule has 3 rings (SSSR count). The quantitative estimate of drug-likeness (QED) is 0.646. The Hall–Kier alpha value is -2.93. The second-order valence-electron chi connectivity index (χ2n) is 5.76. The number of nitrogens with one attached hydrogen (secondary N) is 2. The van der Waals surface area contributed by atoms with Gasteiger partial charge in [-0.2, -0.15) is 0 Å². The fourth-order valence-electron chi connectivity index (χ4n) is 2.53. The van der Waals surface area contributed by atoms with Gasteiger partial charge in [0, 0.05) is 0 Å². The lowest BCUT2D eigenvalue weighted by Crippen LogP contribution is -2.20. The number of hydrogen-bond donors (Lipinski definition) is 2. The molecule has 7 heteroatoms. The fraction of sp³-hybridized carbons (Fsp3) is 0.211. The summed E-state index contributed by atoms with van der Waals surface area (Å²) in [5.74, 6) is 1.20. The Bertz CT molecular complexity index is 893. The average Bonchev–Trinajstić information content (AvgIpc) is 3.03. The maximum atomic E-state index is 5.58. The second-order valence-corrected chi connectivity index (χ2v) is 6.17. The van der Waals surface area contributed by atoms with Gasteiger partial charge in [-0.25, -0.2) is 9.67 Å². The Morgan fingerprint density at radius 2 is 2.00 bits per heavy atom. The van der Waals surface area contributed by atoms with Gasteiger partial charge in [0.25, 0.3) is 0 Å². The number of benzene rings is 2. The van der Waals surface area contributed by atoms with Crippen LogP contribution in [-0.2, 0) is 6.54 Å². The molecular formula is C19H21N5OS. The molecular weight excluding hydrogens is 346 g/mol. The largest absolute Gasteiger partial charge is 0.492 e. The van der Waals surface area contributed by atoms with Crippen molar-refractivity contribution in [3.05, 3.63) is 66.0 Å². The standard InChI is InChI=1S/C19H21N5OS/c1-3-25-17-10-5-4-9-16(17)21-19(26)22-18-20-13-24(23-18)12-15-8-6-7-14(2)11-15/h4-11,13H,3,12H2,1-2H3,(H2,21,22,23,26). The van der Waals surface area contributed by atoms with Gasteiger partial charge < -0.3 is 10.1 Å². The molecule has 0 aliphatic carbocycles. The van der Waals surface area contributed by atoms with Gasteiger partial charge in [-0.05, 0) is 43.8 Å². The van der Waals surface area contributed by atoms with Gasteiger partial charge in [0.1, 0.15) is 12.1 Å². The summed E-state index contributed by atoms with van der Waals surface area (Å²) in [5.41, 5.74) is 3.19. The van der Waals surface area contributed by atoms with Crippen LogP contribution in [0.3, 0.4) is 0 Å². The molecule has 0 bridgehead atoms. The first kappa shape index (κ1) is 17.9. The molecule has 0 atom stereocenters. The first-order chi connectivity index (χ1) is 12.6. The summed E-state index contributed by atoms with van der Waals surface area (Å²) in [5, 5.41) is 10.9. The van der Waals surface area contributed by atoms with Gasteiger partial charge in [0.15, 0.2) is 5.11 Å². The Kier molecular flexibility index (Phi) is 5.80. The molecule has 1 aromatic heterocycles. The Morgan fingerprint density at radius 1 is 1.15 bits per heavy atom. The highest BCUT2D eigenvalue weighted by Gasteiger charge is 2.07. The Labute approximate surface area is 158 Å². The van der Waals surface area contributed by atoms with Crippen molar-refractivity contribution >= 4 is 29.0 Å². The first-order valence-corrected chi connectivity index (χ1v) is 8.79. The highest BCUT2D eigenvalue weighted by atomic mass is 32.1. The zero-order chi connectivity index (χ0) is 18.4. The first-order valence-electron chi connectivity index (χ1n) is 8.39. The molecule has 0 aliphatic heterocycles. The minimum atomic E-state index is 0.408. The van der Waals surface area contributed by atoms with Crippen LogP contribution >= 0.6 is 12.2 Å². The molecule has 0 spiro atoms. The maximum absolute atomic E-state index is 5.58. The van der Waals surface area contributed by atoms with Gasteiger partial charge >= 0.3 is 0 Å². The minimum Gasteiger partial charge on any atom is -0.492 e. The molecule has 0 fully saturated rings. The molecule has 2 N–H and O–H groups in total. The van der Waals surface area contributed by atoms with Crippen molar-refractivity contribution in [1.82, 2.24) is 14.8 Å². The molecule has 0 unspecified atom stereocenters. The lowest BCUT2D eigenvalue weighted by molar-refractivity contribution is 0.342. The molecule has 6 nitrogen and oxygen atoms in total. The molecule has 0 aliphatic rings. The van der Waals surface area contributed by atoms with Crippen molar-refractivity contribution in [2.24, 2.45) is 0 Å². The number of para-hydroxylation sites is 2. The van der Waals surface area contributed by atoms with E-state index >= 15 is 0 Å². The van der Waals surface area contributed by atoms with Crippen LogP contribution in [0, 0.1) is 6.92 Å². The van der Waals surface area contributed by atoms with Crippen LogP contribution in [0.5, 0.6) is 5.75 Å². The SMILES string of the molecule is CCOc1ccccc1NC(=S)Nc1ncn(Cc2cccc(C)c2)n1. The van der Waals surface area contributed by atoms with Crippen molar-refractivity contribution in [2.45, 2.75) is 20.4 Å². The van der Waals surface area contributed by atoms with E-state index in [2.05, 4.69) is 45.8 Å². The lowest BCUT2D eigenvalue weighted by Gasteiger charge is -2.12. The summed E-state index contributed by atoms with van der Waals surface area (Å²) in [6.45, 7) is 5.26. The van der Waals surface area contributed by atoms with Gasteiger partial charge in [-0.15, -0.1) is 5.10 Å². The van der Waals surface area contributed by atoms with Crippen molar-refractivity contribution in [3.63, 3.8) is 0 Å². The van der Waals surface area contributed by atoms with Gasteiger partial charge in [0.2, 0.25) is 5.95 Å². The average molecular weight is 367 g/mol. The van der Waals surface area contributed by atoms with Crippen LogP contribution in [0.15, 0.2) is 54.9 Å². The Balaban J connectivity index is 1.61. The molecule has 0 radical (unpaired) electrons. The molecule has 0 amide bonds. The number of aryl methyl sites for hydroxylation is 1. The molecule has 0 saturated heterocycles. The van der Waals surface area contributed by atoms with Crippen LogP contribution in [0.1, 0.15) is 18.1 Å². The number of anilines is 2. The highest BCUT2D eigenvalue weighted by Crippen LogP contribution is 2.23. The number of thiocarbonyl (C=S) groups is 1. The van der Waals surface area contributed by atoms with E-state index in [1.807, 2.05) is 37.3 Å². The van der Waals surface area contributed by atoms with E-state index in [9.17, 15) is 0 Å². The topological polar surface area (TPSA) is 64.0 Å².